The first-order valence-electron chi connectivity index (χ1n) is 7.79. The molecule has 2 fully saturated rings. The van der Waals surface area contributed by atoms with E-state index >= 15 is 0 Å². The number of likely N-dealkylation sites (tertiary alicyclic amines) is 1. The smallest absolute Gasteiger partial charge is 0.245 e. The van der Waals surface area contributed by atoms with Crippen molar-refractivity contribution in [2.45, 2.75) is 57.9 Å². The summed E-state index contributed by atoms with van der Waals surface area (Å²) in [4.78, 5) is 7.09. The molecule has 3 atom stereocenters. The van der Waals surface area contributed by atoms with Gasteiger partial charge in [-0.25, -0.2) is 4.98 Å². The number of hydrogen-bond acceptors (Lipinski definition) is 7. The number of nitrogens with zero attached hydrogens (tertiary/aromatic N) is 4. The van der Waals surface area contributed by atoms with E-state index in [9.17, 15) is 0 Å². The summed E-state index contributed by atoms with van der Waals surface area (Å²) >= 11 is 1.72. The standard InChI is InChI=1S/C15H20N4O2S/c1-9-17-18-15(20-9)14-4-3-12-13(21-14)5-6-19(12)7-11-8-22-10(2)16-11/h8,12-14H,3-7H2,1-2H3/t12-,13-,14+/m0/s1. The van der Waals surface area contributed by atoms with Gasteiger partial charge in [-0.15, -0.1) is 21.5 Å². The van der Waals surface area contributed by atoms with Gasteiger partial charge in [0.15, 0.2) is 0 Å². The Morgan fingerprint density at radius 2 is 2.18 bits per heavy atom. The molecule has 22 heavy (non-hydrogen) atoms. The van der Waals surface area contributed by atoms with Gasteiger partial charge in [-0.05, 0) is 26.2 Å². The van der Waals surface area contributed by atoms with Gasteiger partial charge < -0.3 is 9.15 Å². The lowest BCUT2D eigenvalue weighted by molar-refractivity contribution is -0.0819. The Hall–Kier alpha value is -1.31. The van der Waals surface area contributed by atoms with E-state index in [0.717, 1.165) is 37.4 Å². The maximum absolute atomic E-state index is 6.23. The van der Waals surface area contributed by atoms with Gasteiger partial charge in [-0.2, -0.15) is 0 Å². The van der Waals surface area contributed by atoms with Gasteiger partial charge >= 0.3 is 0 Å². The summed E-state index contributed by atoms with van der Waals surface area (Å²) in [6, 6.07) is 0.488. The van der Waals surface area contributed by atoms with E-state index in [2.05, 4.69) is 32.4 Å². The Morgan fingerprint density at radius 1 is 1.27 bits per heavy atom. The number of hydrogen-bond donors (Lipinski definition) is 0. The Balaban J connectivity index is 1.41. The van der Waals surface area contributed by atoms with E-state index in [1.165, 1.54) is 5.69 Å². The first-order valence-corrected chi connectivity index (χ1v) is 8.67. The van der Waals surface area contributed by atoms with Crippen LogP contribution in [-0.2, 0) is 11.3 Å². The largest absolute Gasteiger partial charge is 0.423 e. The van der Waals surface area contributed by atoms with Crippen LogP contribution in [0.1, 0.15) is 47.8 Å². The van der Waals surface area contributed by atoms with Gasteiger partial charge in [0, 0.05) is 31.4 Å². The number of thiazole rings is 1. The van der Waals surface area contributed by atoms with Crippen molar-refractivity contribution in [1.82, 2.24) is 20.1 Å². The summed E-state index contributed by atoms with van der Waals surface area (Å²) in [5.41, 5.74) is 1.18. The van der Waals surface area contributed by atoms with E-state index in [-0.39, 0.29) is 12.2 Å². The third-order valence-corrected chi connectivity index (χ3v) is 5.33. The molecule has 118 valence electrons. The molecule has 2 saturated heterocycles. The predicted molar refractivity (Wildman–Crippen MR) is 81.5 cm³/mol. The molecule has 4 rings (SSSR count). The zero-order valence-corrected chi connectivity index (χ0v) is 13.7. The van der Waals surface area contributed by atoms with Crippen molar-refractivity contribution in [2.24, 2.45) is 0 Å². The molecule has 2 aliphatic heterocycles. The number of ether oxygens (including phenoxy) is 1. The number of aromatic nitrogens is 3. The van der Waals surface area contributed by atoms with Crippen molar-refractivity contribution < 1.29 is 9.15 Å². The van der Waals surface area contributed by atoms with E-state index < -0.39 is 0 Å². The molecular formula is C15H20N4O2S. The molecule has 0 aliphatic carbocycles. The summed E-state index contributed by atoms with van der Waals surface area (Å²) < 4.78 is 11.8. The summed E-state index contributed by atoms with van der Waals surface area (Å²) in [5, 5.41) is 11.3. The van der Waals surface area contributed by atoms with Crippen LogP contribution < -0.4 is 0 Å². The maximum Gasteiger partial charge on any atom is 0.245 e. The molecule has 0 unspecified atom stereocenters. The summed E-state index contributed by atoms with van der Waals surface area (Å²) in [6.45, 7) is 5.87. The minimum Gasteiger partial charge on any atom is -0.423 e. The van der Waals surface area contributed by atoms with Crippen LogP contribution in [0.5, 0.6) is 0 Å². The lowest BCUT2D eigenvalue weighted by Crippen LogP contribution is -2.40. The van der Waals surface area contributed by atoms with Crippen LogP contribution in [-0.4, -0.2) is 38.8 Å². The van der Waals surface area contributed by atoms with Gasteiger partial charge in [0.2, 0.25) is 11.8 Å². The number of aryl methyl sites for hydroxylation is 2. The first kappa shape index (κ1) is 14.3. The third kappa shape index (κ3) is 2.68. The van der Waals surface area contributed by atoms with Crippen LogP contribution in [0.15, 0.2) is 9.80 Å². The van der Waals surface area contributed by atoms with E-state index in [1.807, 2.05) is 6.92 Å². The topological polar surface area (TPSA) is 64.3 Å². The molecule has 0 radical (unpaired) electrons. The predicted octanol–water partition coefficient (Wildman–Crippen LogP) is 2.64. The molecule has 7 heteroatoms. The molecule has 0 N–H and O–H groups in total. The average Bonchev–Trinajstić information content (AvgIpc) is 3.21. The highest BCUT2D eigenvalue weighted by atomic mass is 32.1. The second-order valence-electron chi connectivity index (χ2n) is 6.08. The zero-order valence-electron chi connectivity index (χ0n) is 12.9. The number of rotatable bonds is 3. The molecule has 0 bridgehead atoms. The van der Waals surface area contributed by atoms with Crippen molar-refractivity contribution in [3.8, 4) is 0 Å². The van der Waals surface area contributed by atoms with Crippen LogP contribution in [0.4, 0.5) is 0 Å². The molecular weight excluding hydrogens is 300 g/mol. The highest BCUT2D eigenvalue weighted by molar-refractivity contribution is 7.09. The molecule has 6 nitrogen and oxygen atoms in total. The Morgan fingerprint density at radius 3 is 2.91 bits per heavy atom. The molecule has 0 amide bonds. The highest BCUT2D eigenvalue weighted by Gasteiger charge is 2.41. The Bertz CT molecular complexity index is 656. The Kier molecular flexibility index (Phi) is 3.71. The average molecular weight is 320 g/mol. The fourth-order valence-electron chi connectivity index (χ4n) is 3.52. The molecule has 2 aromatic rings. The van der Waals surface area contributed by atoms with Crippen LogP contribution >= 0.6 is 11.3 Å². The molecule has 0 aromatic carbocycles. The second kappa shape index (κ2) is 5.72. The molecule has 4 heterocycles. The monoisotopic (exact) mass is 320 g/mol. The zero-order chi connectivity index (χ0) is 15.1. The van der Waals surface area contributed by atoms with Crippen LogP contribution in [0.2, 0.25) is 0 Å². The van der Waals surface area contributed by atoms with Crippen molar-refractivity contribution in [1.29, 1.82) is 0 Å². The minimum absolute atomic E-state index is 0.0380. The lowest BCUT2D eigenvalue weighted by atomic mass is 9.99. The lowest BCUT2D eigenvalue weighted by Gasteiger charge is -2.34. The Labute approximate surface area is 133 Å². The van der Waals surface area contributed by atoms with Gasteiger partial charge in [0.05, 0.1) is 16.8 Å². The summed E-state index contributed by atoms with van der Waals surface area (Å²) in [5.74, 6) is 1.23. The summed E-state index contributed by atoms with van der Waals surface area (Å²) in [6.07, 6.45) is 3.35. The third-order valence-electron chi connectivity index (χ3n) is 4.51. The normalized spacial score (nSPS) is 28.9. The van der Waals surface area contributed by atoms with Crippen molar-refractivity contribution >= 4 is 11.3 Å². The van der Waals surface area contributed by atoms with Crippen molar-refractivity contribution in [3.05, 3.63) is 27.9 Å². The van der Waals surface area contributed by atoms with Gasteiger partial charge in [-0.1, -0.05) is 0 Å². The molecule has 0 spiro atoms. The van der Waals surface area contributed by atoms with Gasteiger partial charge in [0.1, 0.15) is 6.10 Å². The fraction of sp³-hybridized carbons (Fsp3) is 0.667. The quantitative estimate of drug-likeness (QED) is 0.866. The SMILES string of the molecule is Cc1nnc([C@H]2CC[C@H]3[C@H](CCN3Cc3csc(C)n3)O2)o1. The van der Waals surface area contributed by atoms with E-state index in [0.29, 0.717) is 17.8 Å². The second-order valence-corrected chi connectivity index (χ2v) is 7.15. The van der Waals surface area contributed by atoms with Crippen LogP contribution in [0.25, 0.3) is 0 Å². The highest BCUT2D eigenvalue weighted by Crippen LogP contribution is 2.38. The van der Waals surface area contributed by atoms with Crippen molar-refractivity contribution in [3.63, 3.8) is 0 Å². The van der Waals surface area contributed by atoms with Gasteiger partial charge in [-0.3, -0.25) is 4.90 Å². The van der Waals surface area contributed by atoms with Crippen molar-refractivity contribution in [2.75, 3.05) is 6.54 Å². The number of fused-ring (bicyclic) bond motifs is 1. The van der Waals surface area contributed by atoms with Crippen LogP contribution in [0, 0.1) is 13.8 Å². The molecule has 0 saturated carbocycles. The molecule has 2 aliphatic rings. The molecule has 2 aromatic heterocycles. The van der Waals surface area contributed by atoms with Crippen LogP contribution in [0.3, 0.4) is 0 Å². The minimum atomic E-state index is -0.0380. The fourth-order valence-corrected chi connectivity index (χ4v) is 4.13. The summed E-state index contributed by atoms with van der Waals surface area (Å²) in [7, 11) is 0. The van der Waals surface area contributed by atoms with E-state index in [4.69, 9.17) is 9.15 Å². The first-order chi connectivity index (χ1) is 10.7. The van der Waals surface area contributed by atoms with Gasteiger partial charge in [0.25, 0.3) is 0 Å². The van der Waals surface area contributed by atoms with E-state index in [1.54, 1.807) is 11.3 Å². The maximum atomic E-state index is 6.23.